The summed E-state index contributed by atoms with van der Waals surface area (Å²) in [6.45, 7) is 5.77. The fourth-order valence-corrected chi connectivity index (χ4v) is 5.33. The summed E-state index contributed by atoms with van der Waals surface area (Å²) in [6.07, 6.45) is 2.79. The van der Waals surface area contributed by atoms with Crippen LogP contribution in [0.5, 0.6) is 11.5 Å². The number of ether oxygens (including phenoxy) is 3. The van der Waals surface area contributed by atoms with Crippen molar-refractivity contribution in [2.45, 2.75) is 30.8 Å². The first-order valence-corrected chi connectivity index (χ1v) is 12.4. The summed E-state index contributed by atoms with van der Waals surface area (Å²) in [4.78, 5) is 32.0. The fraction of sp³-hybridized carbons (Fsp3) is 0.522. The molecule has 5 rings (SSSR count). The minimum absolute atomic E-state index is 0.151. The molecular weight excluding hydrogens is 444 g/mol. The Bertz CT molecular complexity index is 1080. The molecule has 1 fully saturated rings. The minimum Gasteiger partial charge on any atom is -0.486 e. The van der Waals surface area contributed by atoms with Crippen LogP contribution in [0.2, 0.25) is 0 Å². The van der Waals surface area contributed by atoms with E-state index in [1.807, 2.05) is 4.57 Å². The van der Waals surface area contributed by atoms with Gasteiger partial charge in [-0.2, -0.15) is 4.98 Å². The lowest BCUT2D eigenvalue weighted by molar-refractivity contribution is -0.113. The van der Waals surface area contributed by atoms with Crippen molar-refractivity contribution in [2.24, 2.45) is 0 Å². The highest BCUT2D eigenvalue weighted by Crippen LogP contribution is 2.33. The van der Waals surface area contributed by atoms with Gasteiger partial charge in [0.05, 0.1) is 19.0 Å². The van der Waals surface area contributed by atoms with Crippen molar-refractivity contribution >= 4 is 23.4 Å². The number of carbonyl (C=O) groups is 1. The van der Waals surface area contributed by atoms with E-state index in [0.29, 0.717) is 42.0 Å². The first-order valence-electron chi connectivity index (χ1n) is 11.4. The van der Waals surface area contributed by atoms with Crippen molar-refractivity contribution in [1.82, 2.24) is 14.5 Å². The molecule has 3 heterocycles. The summed E-state index contributed by atoms with van der Waals surface area (Å²) in [6, 6.07) is 5.35. The van der Waals surface area contributed by atoms with Crippen LogP contribution in [0.4, 0.5) is 5.69 Å². The Morgan fingerprint density at radius 1 is 1.06 bits per heavy atom. The number of nitrogens with one attached hydrogen (secondary N) is 1. The Kier molecular flexibility index (Phi) is 6.84. The Balaban J connectivity index is 1.22. The minimum atomic E-state index is -0.223. The molecule has 9 nitrogen and oxygen atoms in total. The molecule has 1 N–H and O–H groups in total. The van der Waals surface area contributed by atoms with Crippen LogP contribution in [0.15, 0.2) is 28.0 Å². The Morgan fingerprint density at radius 2 is 1.88 bits per heavy atom. The smallest absolute Gasteiger partial charge is 0.348 e. The van der Waals surface area contributed by atoms with E-state index in [2.05, 4.69) is 15.2 Å². The van der Waals surface area contributed by atoms with Crippen LogP contribution in [0.3, 0.4) is 0 Å². The highest BCUT2D eigenvalue weighted by molar-refractivity contribution is 8.00. The van der Waals surface area contributed by atoms with Gasteiger partial charge in [-0.05, 0) is 31.4 Å². The van der Waals surface area contributed by atoms with E-state index in [1.165, 1.54) is 11.8 Å². The summed E-state index contributed by atoms with van der Waals surface area (Å²) in [7, 11) is 0. The van der Waals surface area contributed by atoms with E-state index < -0.39 is 0 Å². The first kappa shape index (κ1) is 22.2. The van der Waals surface area contributed by atoms with Crippen LogP contribution >= 0.6 is 11.8 Å². The van der Waals surface area contributed by atoms with Gasteiger partial charge in [0.15, 0.2) is 11.5 Å². The molecule has 0 atom stereocenters. The number of nitrogens with zero attached hydrogens (tertiary/aromatic N) is 3. The van der Waals surface area contributed by atoms with E-state index >= 15 is 0 Å². The van der Waals surface area contributed by atoms with E-state index in [1.54, 1.807) is 18.2 Å². The van der Waals surface area contributed by atoms with Crippen LogP contribution in [0.1, 0.15) is 17.7 Å². The zero-order chi connectivity index (χ0) is 22.6. The van der Waals surface area contributed by atoms with Gasteiger partial charge in [-0.1, -0.05) is 11.8 Å². The lowest BCUT2D eigenvalue weighted by atomic mass is 10.2. The predicted molar refractivity (Wildman–Crippen MR) is 125 cm³/mol. The molecule has 1 amide bonds. The molecule has 10 heteroatoms. The second kappa shape index (κ2) is 10.1. The van der Waals surface area contributed by atoms with Crippen LogP contribution in [0.25, 0.3) is 0 Å². The number of amides is 1. The second-order valence-electron chi connectivity index (χ2n) is 8.28. The molecule has 0 unspecified atom stereocenters. The molecule has 1 aromatic heterocycles. The summed E-state index contributed by atoms with van der Waals surface area (Å²) in [5.41, 5.74) is 2.63. The maximum atomic E-state index is 12.8. The van der Waals surface area contributed by atoms with Gasteiger partial charge in [0.25, 0.3) is 0 Å². The summed E-state index contributed by atoms with van der Waals surface area (Å²) in [5, 5.41) is 3.58. The third-order valence-corrected chi connectivity index (χ3v) is 7.13. The average Bonchev–Trinajstić information content (AvgIpc) is 3.33. The van der Waals surface area contributed by atoms with Gasteiger partial charge in [0, 0.05) is 49.2 Å². The fourth-order valence-electron chi connectivity index (χ4n) is 4.45. The molecule has 3 aliphatic rings. The van der Waals surface area contributed by atoms with Crippen molar-refractivity contribution < 1.29 is 19.0 Å². The zero-order valence-electron chi connectivity index (χ0n) is 18.5. The number of fused-ring (bicyclic) bond motifs is 2. The standard InChI is InChI=1S/C23H28N4O5S/c28-21(24-16-4-5-19-20(14-16)32-13-12-31-19)15-33-22-17-2-1-3-18(17)27(23(29)25-22)7-6-26-8-10-30-11-9-26/h4-5,14H,1-3,6-13,15H2,(H,24,28). The number of thioether (sulfide) groups is 1. The molecule has 2 aliphatic heterocycles. The van der Waals surface area contributed by atoms with E-state index in [4.69, 9.17) is 14.2 Å². The van der Waals surface area contributed by atoms with Crippen LogP contribution in [0, 0.1) is 0 Å². The van der Waals surface area contributed by atoms with Crippen molar-refractivity contribution in [1.29, 1.82) is 0 Å². The zero-order valence-corrected chi connectivity index (χ0v) is 19.3. The quantitative estimate of drug-likeness (QED) is 0.479. The van der Waals surface area contributed by atoms with Crippen molar-refractivity contribution in [3.63, 3.8) is 0 Å². The highest BCUT2D eigenvalue weighted by Gasteiger charge is 2.23. The number of benzene rings is 1. The monoisotopic (exact) mass is 472 g/mol. The molecule has 1 aliphatic carbocycles. The normalized spacial score (nSPS) is 17.6. The maximum absolute atomic E-state index is 12.8. The molecule has 0 spiro atoms. The van der Waals surface area contributed by atoms with E-state index in [9.17, 15) is 9.59 Å². The number of hydrogen-bond acceptors (Lipinski definition) is 8. The first-order chi connectivity index (χ1) is 16.2. The second-order valence-corrected chi connectivity index (χ2v) is 9.24. The van der Waals surface area contributed by atoms with Crippen LogP contribution in [-0.2, 0) is 28.9 Å². The summed E-state index contributed by atoms with van der Waals surface area (Å²) < 4.78 is 18.3. The molecule has 2 aromatic rings. The lowest BCUT2D eigenvalue weighted by Gasteiger charge is -2.27. The molecule has 1 aromatic carbocycles. The third kappa shape index (κ3) is 5.18. The molecule has 0 bridgehead atoms. The number of aromatic nitrogens is 2. The maximum Gasteiger partial charge on any atom is 0.348 e. The third-order valence-electron chi connectivity index (χ3n) is 6.11. The highest BCUT2D eigenvalue weighted by atomic mass is 32.2. The van der Waals surface area contributed by atoms with Gasteiger partial charge in [-0.15, -0.1) is 0 Å². The lowest BCUT2D eigenvalue weighted by Crippen LogP contribution is -2.40. The van der Waals surface area contributed by atoms with Gasteiger partial charge in [0.2, 0.25) is 5.91 Å². The van der Waals surface area contributed by atoms with Gasteiger partial charge >= 0.3 is 5.69 Å². The SMILES string of the molecule is O=C(CSc1nc(=O)n(CCN2CCOCC2)c2c1CCC2)Nc1ccc2c(c1)OCCO2. The Morgan fingerprint density at radius 3 is 2.73 bits per heavy atom. The Labute approximate surface area is 196 Å². The molecule has 176 valence electrons. The van der Waals surface area contributed by atoms with E-state index in [0.717, 1.165) is 63.4 Å². The van der Waals surface area contributed by atoms with Crippen molar-refractivity contribution in [3.8, 4) is 11.5 Å². The average molecular weight is 473 g/mol. The van der Waals surface area contributed by atoms with Gasteiger partial charge in [0.1, 0.15) is 18.2 Å². The number of hydrogen-bond donors (Lipinski definition) is 1. The topological polar surface area (TPSA) is 94.9 Å². The number of anilines is 1. The molecule has 33 heavy (non-hydrogen) atoms. The van der Waals surface area contributed by atoms with Gasteiger partial charge in [-0.3, -0.25) is 14.3 Å². The Hall–Kier alpha value is -2.56. The van der Waals surface area contributed by atoms with Crippen LogP contribution in [-0.4, -0.2) is 72.2 Å². The van der Waals surface area contributed by atoms with Crippen molar-refractivity contribution in [3.05, 3.63) is 39.9 Å². The van der Waals surface area contributed by atoms with Crippen molar-refractivity contribution in [2.75, 3.05) is 57.1 Å². The number of morpholine rings is 1. The van der Waals surface area contributed by atoms with Gasteiger partial charge < -0.3 is 19.5 Å². The molecular formula is C23H28N4O5S. The van der Waals surface area contributed by atoms with Crippen LogP contribution < -0.4 is 20.5 Å². The van der Waals surface area contributed by atoms with E-state index in [-0.39, 0.29) is 17.3 Å². The number of rotatable bonds is 7. The predicted octanol–water partition coefficient (Wildman–Crippen LogP) is 1.57. The number of carbonyl (C=O) groups excluding carboxylic acids is 1. The van der Waals surface area contributed by atoms with Gasteiger partial charge in [-0.25, -0.2) is 4.79 Å². The largest absolute Gasteiger partial charge is 0.486 e. The molecule has 0 saturated carbocycles. The molecule has 0 radical (unpaired) electrons. The summed E-state index contributed by atoms with van der Waals surface area (Å²) in [5.74, 6) is 1.35. The molecule has 1 saturated heterocycles. The summed E-state index contributed by atoms with van der Waals surface area (Å²) >= 11 is 1.33.